The van der Waals surface area contributed by atoms with Gasteiger partial charge in [-0.15, -0.1) is 0 Å². The molecule has 0 spiro atoms. The van der Waals surface area contributed by atoms with Crippen molar-refractivity contribution in [1.29, 1.82) is 0 Å². The first kappa shape index (κ1) is 12.4. The Kier molecular flexibility index (Phi) is 3.00. The lowest BCUT2D eigenvalue weighted by Crippen LogP contribution is -2.17. The summed E-state index contributed by atoms with van der Waals surface area (Å²) in [6.07, 6.45) is -1.53. The first-order valence-corrected chi connectivity index (χ1v) is 5.02. The number of fused-ring (bicyclic) bond motifs is 1. The predicted octanol–water partition coefficient (Wildman–Crippen LogP) is 2.31. The number of halogens is 3. The molecule has 96 valence electrons. The fourth-order valence-corrected chi connectivity index (χ4v) is 1.42. The minimum atomic E-state index is -4.51. The molecule has 0 radical (unpaired) electrons. The van der Waals surface area contributed by atoms with Crippen molar-refractivity contribution in [3.63, 3.8) is 0 Å². The van der Waals surface area contributed by atoms with Crippen LogP contribution in [0.4, 0.5) is 19.0 Å². The second-order valence-corrected chi connectivity index (χ2v) is 3.69. The van der Waals surface area contributed by atoms with Gasteiger partial charge in [0.15, 0.2) is 0 Å². The van der Waals surface area contributed by atoms with Crippen LogP contribution < -0.4 is 5.32 Å². The van der Waals surface area contributed by atoms with E-state index in [0.29, 0.717) is 11.2 Å². The van der Waals surface area contributed by atoms with Crippen molar-refractivity contribution in [1.82, 2.24) is 9.38 Å². The highest BCUT2D eigenvalue weighted by Crippen LogP contribution is 2.25. The topological polar surface area (TPSA) is 49.6 Å². The molecule has 0 aromatic carbocycles. The second-order valence-electron chi connectivity index (χ2n) is 3.69. The molecule has 2 aromatic heterocycles. The summed E-state index contributed by atoms with van der Waals surface area (Å²) >= 11 is 0. The molecule has 2 heterocycles. The van der Waals surface area contributed by atoms with Gasteiger partial charge in [-0.2, -0.15) is 13.2 Å². The number of alkyl halides is 3. The summed E-state index contributed by atoms with van der Waals surface area (Å²) in [5.74, 6) is 0.0485. The van der Waals surface area contributed by atoms with Crippen molar-refractivity contribution in [2.45, 2.75) is 12.8 Å². The zero-order chi connectivity index (χ0) is 13.3. The van der Waals surface area contributed by atoms with E-state index in [1.165, 1.54) is 10.6 Å². The van der Waals surface area contributed by atoms with Gasteiger partial charge in [-0.1, -0.05) is 12.6 Å². The number of nitrogens with one attached hydrogen (secondary N) is 1. The lowest BCUT2D eigenvalue weighted by Gasteiger charge is -2.09. The highest BCUT2D eigenvalue weighted by molar-refractivity contribution is 5.52. The Balaban J connectivity index is 2.28. The number of allylic oxidation sites excluding steroid dienone is 1. The van der Waals surface area contributed by atoms with Gasteiger partial charge >= 0.3 is 6.18 Å². The number of pyridine rings is 1. The van der Waals surface area contributed by atoms with Crippen molar-refractivity contribution in [3.8, 4) is 0 Å². The number of aliphatic hydroxyl groups excluding tert-OH is 1. The standard InChI is InChI=1S/C11H10F3N3O/c1-7(11(12,13)14)15-9-5-17-4-8(6-18)2-3-10(17)16-9/h2-5,15,18H,1,6H2. The number of nitrogens with zero attached hydrogens (tertiary/aromatic N) is 2. The molecule has 0 fully saturated rings. The molecule has 0 bridgehead atoms. The normalized spacial score (nSPS) is 11.8. The SMILES string of the molecule is C=C(Nc1cn2cc(CO)ccc2n1)C(F)(F)F. The molecule has 0 unspecified atom stereocenters. The Bertz CT molecular complexity index is 589. The number of imidazole rings is 1. The molecular formula is C11H10F3N3O. The summed E-state index contributed by atoms with van der Waals surface area (Å²) in [4.78, 5) is 3.95. The van der Waals surface area contributed by atoms with Crippen LogP contribution in [0, 0.1) is 0 Å². The molecule has 18 heavy (non-hydrogen) atoms. The van der Waals surface area contributed by atoms with Gasteiger partial charge in [-0.3, -0.25) is 0 Å². The molecule has 2 aromatic rings. The average molecular weight is 257 g/mol. The third kappa shape index (κ3) is 2.45. The van der Waals surface area contributed by atoms with Crippen LogP contribution in [-0.2, 0) is 6.61 Å². The smallest absolute Gasteiger partial charge is 0.392 e. The van der Waals surface area contributed by atoms with Crippen molar-refractivity contribution >= 4 is 11.5 Å². The largest absolute Gasteiger partial charge is 0.430 e. The van der Waals surface area contributed by atoms with Crippen LogP contribution in [-0.4, -0.2) is 20.7 Å². The predicted molar refractivity (Wildman–Crippen MR) is 59.9 cm³/mol. The summed E-state index contributed by atoms with van der Waals surface area (Å²) in [5, 5.41) is 11.0. The Morgan fingerprint density at radius 2 is 2.11 bits per heavy atom. The minimum absolute atomic E-state index is 0.0485. The summed E-state index contributed by atoms with van der Waals surface area (Å²) in [6.45, 7) is 2.75. The van der Waals surface area contributed by atoms with Gasteiger partial charge in [0.1, 0.15) is 17.2 Å². The quantitative estimate of drug-likeness (QED) is 0.887. The average Bonchev–Trinajstić information content (AvgIpc) is 2.68. The lowest BCUT2D eigenvalue weighted by molar-refractivity contribution is -0.0898. The summed E-state index contributed by atoms with van der Waals surface area (Å²) in [7, 11) is 0. The summed E-state index contributed by atoms with van der Waals surface area (Å²) < 4.78 is 38.4. The molecule has 2 N–H and O–H groups in total. The third-order valence-electron chi connectivity index (χ3n) is 2.32. The monoisotopic (exact) mass is 257 g/mol. The van der Waals surface area contributed by atoms with Crippen LogP contribution >= 0.6 is 0 Å². The second kappa shape index (κ2) is 4.34. The van der Waals surface area contributed by atoms with Gasteiger partial charge < -0.3 is 14.8 Å². The van der Waals surface area contributed by atoms with E-state index in [4.69, 9.17) is 5.11 Å². The highest BCUT2D eigenvalue weighted by Gasteiger charge is 2.32. The van der Waals surface area contributed by atoms with Crippen LogP contribution in [0.15, 0.2) is 36.8 Å². The number of rotatable bonds is 3. The molecule has 0 saturated carbocycles. The van der Waals surface area contributed by atoms with Crippen LogP contribution in [0.5, 0.6) is 0 Å². The van der Waals surface area contributed by atoms with E-state index < -0.39 is 11.9 Å². The number of aromatic nitrogens is 2. The van der Waals surface area contributed by atoms with Gasteiger partial charge in [0, 0.05) is 6.20 Å². The molecule has 7 heteroatoms. The maximum atomic E-state index is 12.3. The van der Waals surface area contributed by atoms with Crippen molar-refractivity contribution in [3.05, 3.63) is 42.4 Å². The van der Waals surface area contributed by atoms with Crippen molar-refractivity contribution in [2.24, 2.45) is 0 Å². The minimum Gasteiger partial charge on any atom is -0.392 e. The molecule has 4 nitrogen and oxygen atoms in total. The maximum absolute atomic E-state index is 12.3. The molecule has 0 aliphatic carbocycles. The van der Waals surface area contributed by atoms with E-state index in [2.05, 4.69) is 16.9 Å². The molecule has 0 saturated heterocycles. The maximum Gasteiger partial charge on any atom is 0.430 e. The van der Waals surface area contributed by atoms with E-state index in [-0.39, 0.29) is 12.4 Å². The Labute approximate surface area is 100 Å². The fourth-order valence-electron chi connectivity index (χ4n) is 1.42. The molecular weight excluding hydrogens is 247 g/mol. The van der Waals surface area contributed by atoms with Gasteiger partial charge in [-0.25, -0.2) is 4.98 Å². The van der Waals surface area contributed by atoms with Gasteiger partial charge in [0.25, 0.3) is 0 Å². The van der Waals surface area contributed by atoms with Crippen LogP contribution in [0.25, 0.3) is 5.65 Å². The number of anilines is 1. The van der Waals surface area contributed by atoms with E-state index in [1.807, 2.05) is 0 Å². The first-order chi connectivity index (χ1) is 8.40. The van der Waals surface area contributed by atoms with Crippen LogP contribution in [0.3, 0.4) is 0 Å². The third-order valence-corrected chi connectivity index (χ3v) is 2.32. The summed E-state index contributed by atoms with van der Waals surface area (Å²) in [6, 6.07) is 3.25. The Morgan fingerprint density at radius 1 is 1.39 bits per heavy atom. The van der Waals surface area contributed by atoms with Crippen LogP contribution in [0.2, 0.25) is 0 Å². The number of hydrogen-bond donors (Lipinski definition) is 2. The zero-order valence-corrected chi connectivity index (χ0v) is 9.20. The van der Waals surface area contributed by atoms with Crippen LogP contribution in [0.1, 0.15) is 5.56 Å². The van der Waals surface area contributed by atoms with Crippen molar-refractivity contribution < 1.29 is 18.3 Å². The number of hydrogen-bond acceptors (Lipinski definition) is 3. The Morgan fingerprint density at radius 3 is 2.72 bits per heavy atom. The van der Waals surface area contributed by atoms with Gasteiger partial charge in [-0.05, 0) is 11.6 Å². The van der Waals surface area contributed by atoms with Crippen molar-refractivity contribution in [2.75, 3.05) is 5.32 Å². The molecule has 0 atom stereocenters. The van der Waals surface area contributed by atoms with E-state index in [0.717, 1.165) is 0 Å². The first-order valence-electron chi connectivity index (χ1n) is 5.02. The van der Waals surface area contributed by atoms with E-state index in [9.17, 15) is 13.2 Å². The lowest BCUT2D eigenvalue weighted by atomic mass is 10.3. The zero-order valence-electron chi connectivity index (χ0n) is 9.20. The summed E-state index contributed by atoms with van der Waals surface area (Å²) in [5.41, 5.74) is 0.0408. The molecule has 0 amide bonds. The fraction of sp³-hybridized carbons (Fsp3) is 0.182. The molecule has 0 aliphatic heterocycles. The van der Waals surface area contributed by atoms with Gasteiger partial charge in [0.05, 0.1) is 12.8 Å². The van der Waals surface area contributed by atoms with Gasteiger partial charge in [0.2, 0.25) is 0 Å². The van der Waals surface area contributed by atoms with E-state index >= 15 is 0 Å². The number of aliphatic hydroxyl groups is 1. The molecule has 0 aliphatic rings. The Hall–Kier alpha value is -2.02. The highest BCUT2D eigenvalue weighted by atomic mass is 19.4. The van der Waals surface area contributed by atoms with E-state index in [1.54, 1.807) is 18.3 Å². The molecule has 2 rings (SSSR count).